The average molecular weight is 415 g/mol. The quantitative estimate of drug-likeness (QED) is 0.673. The van der Waals surface area contributed by atoms with Crippen molar-refractivity contribution in [2.45, 2.75) is 25.2 Å². The summed E-state index contributed by atoms with van der Waals surface area (Å²) in [5.41, 5.74) is 2.02. The van der Waals surface area contributed by atoms with Gasteiger partial charge in [-0.1, -0.05) is 17.9 Å². The zero-order valence-corrected chi connectivity index (χ0v) is 17.6. The summed E-state index contributed by atoms with van der Waals surface area (Å²) in [5, 5.41) is 0. The molecule has 0 atom stereocenters. The highest BCUT2D eigenvalue weighted by molar-refractivity contribution is 7.89. The molecular weight excluding hydrogens is 388 g/mol. The van der Waals surface area contributed by atoms with Gasteiger partial charge in [0, 0.05) is 31.3 Å². The van der Waals surface area contributed by atoms with Gasteiger partial charge in [0.05, 0.1) is 18.0 Å². The molecule has 0 saturated heterocycles. The Hall–Kier alpha value is -2.69. The minimum absolute atomic E-state index is 0.0266. The van der Waals surface area contributed by atoms with Crippen LogP contribution in [0.2, 0.25) is 0 Å². The van der Waals surface area contributed by atoms with E-state index in [2.05, 4.69) is 35.3 Å². The van der Waals surface area contributed by atoms with E-state index in [-0.39, 0.29) is 18.0 Å². The predicted octanol–water partition coefficient (Wildman–Crippen LogP) is 2.83. The molecule has 1 N–H and O–H groups in total. The fourth-order valence-electron chi connectivity index (χ4n) is 3.14. The molecule has 0 fully saturated rings. The van der Waals surface area contributed by atoms with Gasteiger partial charge in [0.2, 0.25) is 10.0 Å². The Kier molecular flexibility index (Phi) is 7.02. The standard InChI is InChI=1S/C22H26N2O4S/c1-3-24(4-2)19-8-7-9-20(17-19)27-14-6-5-13-23-29(25,26)21-10-11-22-18(16-21)12-15-28-22/h7-11,16-17,23H,3-4,12-15H2,1-2H3. The highest BCUT2D eigenvalue weighted by Crippen LogP contribution is 2.27. The lowest BCUT2D eigenvalue weighted by molar-refractivity contribution is 0.356. The highest BCUT2D eigenvalue weighted by atomic mass is 32.2. The molecule has 1 aliphatic rings. The van der Waals surface area contributed by atoms with Crippen molar-refractivity contribution in [1.82, 2.24) is 4.72 Å². The van der Waals surface area contributed by atoms with E-state index in [4.69, 9.17) is 9.47 Å². The minimum atomic E-state index is -3.60. The monoisotopic (exact) mass is 414 g/mol. The van der Waals surface area contributed by atoms with E-state index in [1.165, 1.54) is 0 Å². The van der Waals surface area contributed by atoms with E-state index in [9.17, 15) is 8.42 Å². The third kappa shape index (κ3) is 5.43. The number of sulfonamides is 1. The number of anilines is 1. The minimum Gasteiger partial charge on any atom is -0.493 e. The maximum Gasteiger partial charge on any atom is 0.241 e. The zero-order chi connectivity index (χ0) is 20.7. The molecule has 2 aromatic rings. The van der Waals surface area contributed by atoms with Gasteiger partial charge in [-0.05, 0) is 49.7 Å². The van der Waals surface area contributed by atoms with Crippen LogP contribution in [-0.4, -0.2) is 41.3 Å². The Balaban J connectivity index is 1.50. The molecule has 3 rings (SSSR count). The SMILES string of the molecule is CCN(CC)c1cccc(OCC#CCNS(=O)(=O)c2ccc3c(c2)CCO3)c1. The molecule has 154 valence electrons. The van der Waals surface area contributed by atoms with E-state index in [1.807, 2.05) is 24.3 Å². The molecule has 0 amide bonds. The van der Waals surface area contributed by atoms with Gasteiger partial charge < -0.3 is 14.4 Å². The van der Waals surface area contributed by atoms with E-state index in [0.29, 0.717) is 6.61 Å². The molecule has 0 unspecified atom stereocenters. The van der Waals surface area contributed by atoms with Gasteiger partial charge in [0.15, 0.2) is 0 Å². The second-order valence-corrected chi connectivity index (χ2v) is 8.27. The van der Waals surface area contributed by atoms with Gasteiger partial charge in [-0.3, -0.25) is 0 Å². The average Bonchev–Trinajstić information content (AvgIpc) is 3.20. The summed E-state index contributed by atoms with van der Waals surface area (Å²) in [6, 6.07) is 12.8. The lowest BCUT2D eigenvalue weighted by Gasteiger charge is -2.21. The lowest BCUT2D eigenvalue weighted by atomic mass is 10.2. The van der Waals surface area contributed by atoms with Crippen molar-refractivity contribution in [2.24, 2.45) is 0 Å². The molecule has 1 aliphatic heterocycles. The molecule has 0 saturated carbocycles. The van der Waals surface area contributed by atoms with E-state index in [1.54, 1.807) is 18.2 Å². The number of nitrogens with one attached hydrogen (secondary N) is 1. The smallest absolute Gasteiger partial charge is 0.241 e. The molecule has 1 heterocycles. The number of hydrogen-bond acceptors (Lipinski definition) is 5. The maximum absolute atomic E-state index is 12.4. The molecule has 0 aromatic heterocycles. The Morgan fingerprint density at radius 3 is 2.76 bits per heavy atom. The summed E-state index contributed by atoms with van der Waals surface area (Å²) in [7, 11) is -3.60. The topological polar surface area (TPSA) is 67.9 Å². The Morgan fingerprint density at radius 2 is 1.97 bits per heavy atom. The summed E-state index contributed by atoms with van der Waals surface area (Å²) in [6.07, 6.45) is 0.727. The van der Waals surface area contributed by atoms with Crippen molar-refractivity contribution in [3.05, 3.63) is 48.0 Å². The van der Waals surface area contributed by atoms with Crippen LogP contribution < -0.4 is 19.1 Å². The Morgan fingerprint density at radius 1 is 1.14 bits per heavy atom. The summed E-state index contributed by atoms with van der Waals surface area (Å²) in [5.74, 6) is 7.13. The molecule has 2 aromatic carbocycles. The van der Waals surface area contributed by atoms with Crippen LogP contribution in [0.5, 0.6) is 11.5 Å². The van der Waals surface area contributed by atoms with Gasteiger partial charge in [-0.25, -0.2) is 8.42 Å². The predicted molar refractivity (Wildman–Crippen MR) is 114 cm³/mol. The fraction of sp³-hybridized carbons (Fsp3) is 0.364. The largest absolute Gasteiger partial charge is 0.493 e. The number of nitrogens with zero attached hydrogens (tertiary/aromatic N) is 1. The van der Waals surface area contributed by atoms with Crippen LogP contribution in [0.15, 0.2) is 47.4 Å². The van der Waals surface area contributed by atoms with Gasteiger partial charge in [-0.2, -0.15) is 4.72 Å². The van der Waals surface area contributed by atoms with Crippen LogP contribution >= 0.6 is 0 Å². The van der Waals surface area contributed by atoms with Crippen molar-refractivity contribution in [2.75, 3.05) is 37.7 Å². The first-order valence-corrected chi connectivity index (χ1v) is 11.2. The molecule has 7 heteroatoms. The second-order valence-electron chi connectivity index (χ2n) is 6.50. The maximum atomic E-state index is 12.4. The number of benzene rings is 2. The third-order valence-electron chi connectivity index (χ3n) is 4.70. The molecule has 29 heavy (non-hydrogen) atoms. The first-order chi connectivity index (χ1) is 14.0. The molecule has 6 nitrogen and oxygen atoms in total. The van der Waals surface area contributed by atoms with Crippen LogP contribution in [0.4, 0.5) is 5.69 Å². The van der Waals surface area contributed by atoms with Crippen LogP contribution in [0.25, 0.3) is 0 Å². The van der Waals surface area contributed by atoms with Gasteiger partial charge in [0.1, 0.15) is 18.1 Å². The van der Waals surface area contributed by atoms with Crippen molar-refractivity contribution < 1.29 is 17.9 Å². The molecule has 0 aliphatic carbocycles. The molecule has 0 spiro atoms. The van der Waals surface area contributed by atoms with Gasteiger partial charge in [-0.15, -0.1) is 0 Å². The number of ether oxygens (including phenoxy) is 2. The number of fused-ring (bicyclic) bond motifs is 1. The van der Waals surface area contributed by atoms with Crippen LogP contribution in [-0.2, 0) is 16.4 Å². The summed E-state index contributed by atoms with van der Waals surface area (Å²) in [4.78, 5) is 2.46. The number of hydrogen-bond donors (Lipinski definition) is 1. The fourth-order valence-corrected chi connectivity index (χ4v) is 4.11. The van der Waals surface area contributed by atoms with Gasteiger partial charge >= 0.3 is 0 Å². The summed E-state index contributed by atoms with van der Waals surface area (Å²) >= 11 is 0. The second kappa shape index (κ2) is 9.68. The van der Waals surface area contributed by atoms with E-state index >= 15 is 0 Å². The van der Waals surface area contributed by atoms with E-state index in [0.717, 1.165) is 42.3 Å². The Labute approximate surface area is 172 Å². The first-order valence-electron chi connectivity index (χ1n) is 9.72. The highest BCUT2D eigenvalue weighted by Gasteiger charge is 2.18. The van der Waals surface area contributed by atoms with Gasteiger partial charge in [0.25, 0.3) is 0 Å². The van der Waals surface area contributed by atoms with E-state index < -0.39 is 10.0 Å². The first kappa shape index (κ1) is 21.0. The van der Waals surface area contributed by atoms with Crippen molar-refractivity contribution in [3.63, 3.8) is 0 Å². The van der Waals surface area contributed by atoms with Crippen molar-refractivity contribution in [3.8, 4) is 23.3 Å². The third-order valence-corrected chi connectivity index (χ3v) is 6.10. The zero-order valence-electron chi connectivity index (χ0n) is 16.8. The van der Waals surface area contributed by atoms with Crippen LogP contribution in [0.3, 0.4) is 0 Å². The van der Waals surface area contributed by atoms with Crippen molar-refractivity contribution >= 4 is 15.7 Å². The Bertz CT molecular complexity index is 1000. The summed E-state index contributed by atoms with van der Waals surface area (Å²) in [6.45, 7) is 6.89. The summed E-state index contributed by atoms with van der Waals surface area (Å²) < 4.78 is 38.3. The molecule has 0 bridgehead atoms. The number of rotatable bonds is 8. The van der Waals surface area contributed by atoms with Crippen molar-refractivity contribution in [1.29, 1.82) is 0 Å². The normalized spacial score (nSPS) is 12.5. The molecular formula is C22H26N2O4S. The van der Waals surface area contributed by atoms with Crippen LogP contribution in [0.1, 0.15) is 19.4 Å². The lowest BCUT2D eigenvalue weighted by Crippen LogP contribution is -2.24. The van der Waals surface area contributed by atoms with Crippen LogP contribution in [0, 0.1) is 11.8 Å². The molecule has 0 radical (unpaired) electrons.